The summed E-state index contributed by atoms with van der Waals surface area (Å²) in [5.41, 5.74) is 0.604. The van der Waals surface area contributed by atoms with Crippen LogP contribution in [0.15, 0.2) is 18.2 Å². The maximum atomic E-state index is 12.4. The van der Waals surface area contributed by atoms with E-state index in [0.29, 0.717) is 17.1 Å². The van der Waals surface area contributed by atoms with Gasteiger partial charge < -0.3 is 19.7 Å². The van der Waals surface area contributed by atoms with Crippen LogP contribution in [0.5, 0.6) is 11.5 Å². The van der Waals surface area contributed by atoms with Crippen molar-refractivity contribution in [3.8, 4) is 11.5 Å². The highest BCUT2D eigenvalue weighted by Crippen LogP contribution is 2.29. The van der Waals surface area contributed by atoms with E-state index in [1.165, 1.54) is 0 Å². The third kappa shape index (κ3) is 4.37. The van der Waals surface area contributed by atoms with E-state index in [-0.39, 0.29) is 18.1 Å². The lowest BCUT2D eigenvalue weighted by atomic mass is 10.0. The monoisotopic (exact) mass is 306 g/mol. The van der Waals surface area contributed by atoms with Crippen LogP contribution >= 0.6 is 0 Å². The van der Waals surface area contributed by atoms with Gasteiger partial charge in [-0.3, -0.25) is 4.79 Å². The number of nitrogens with one attached hydrogen (secondary N) is 1. The minimum Gasteiger partial charge on any atom is -0.493 e. The minimum atomic E-state index is -0.0519. The third-order valence-corrected chi connectivity index (χ3v) is 3.84. The van der Waals surface area contributed by atoms with Crippen LogP contribution in [0.4, 0.5) is 0 Å². The number of hydrogen-bond acceptors (Lipinski definition) is 4. The van der Waals surface area contributed by atoms with Gasteiger partial charge in [-0.05, 0) is 65.0 Å². The number of likely N-dealkylation sites (tertiary alicyclic amines) is 1. The van der Waals surface area contributed by atoms with Gasteiger partial charge in [0, 0.05) is 11.6 Å². The molecule has 5 nitrogen and oxygen atoms in total. The molecule has 0 unspecified atom stereocenters. The zero-order valence-electron chi connectivity index (χ0n) is 13.9. The molecule has 0 aromatic heterocycles. The molecule has 1 saturated heterocycles. The first kappa shape index (κ1) is 16.6. The van der Waals surface area contributed by atoms with E-state index in [0.717, 1.165) is 25.9 Å². The maximum absolute atomic E-state index is 12.4. The van der Waals surface area contributed by atoms with Crippen molar-refractivity contribution >= 4 is 5.91 Å². The molecular formula is C17H26N2O3. The van der Waals surface area contributed by atoms with E-state index in [2.05, 4.69) is 17.3 Å². The number of amides is 1. The summed E-state index contributed by atoms with van der Waals surface area (Å²) in [5.74, 6) is 1.20. The van der Waals surface area contributed by atoms with Crippen molar-refractivity contribution in [1.82, 2.24) is 10.2 Å². The average Bonchev–Trinajstić information content (AvgIpc) is 2.49. The second-order valence-electron chi connectivity index (χ2n) is 6.08. The molecule has 0 radical (unpaired) electrons. The van der Waals surface area contributed by atoms with Crippen LogP contribution in [0.1, 0.15) is 37.0 Å². The lowest BCUT2D eigenvalue weighted by Gasteiger charge is -2.29. The summed E-state index contributed by atoms with van der Waals surface area (Å²) >= 11 is 0. The number of benzene rings is 1. The fraction of sp³-hybridized carbons (Fsp3) is 0.588. The topological polar surface area (TPSA) is 50.8 Å². The molecule has 122 valence electrons. The Kier molecular flexibility index (Phi) is 5.66. The predicted molar refractivity (Wildman–Crippen MR) is 86.7 cm³/mol. The van der Waals surface area contributed by atoms with E-state index in [4.69, 9.17) is 9.47 Å². The molecule has 22 heavy (non-hydrogen) atoms. The number of piperidine rings is 1. The van der Waals surface area contributed by atoms with Gasteiger partial charge in [0.1, 0.15) is 0 Å². The zero-order valence-corrected chi connectivity index (χ0v) is 13.9. The van der Waals surface area contributed by atoms with Crippen molar-refractivity contribution in [2.24, 2.45) is 0 Å². The minimum absolute atomic E-state index is 0.0519. The summed E-state index contributed by atoms with van der Waals surface area (Å²) in [6.07, 6.45) is 2.05. The largest absolute Gasteiger partial charge is 0.493 e. The summed E-state index contributed by atoms with van der Waals surface area (Å²) in [6, 6.07) is 5.57. The molecule has 1 aliphatic rings. The summed E-state index contributed by atoms with van der Waals surface area (Å²) in [7, 11) is 3.69. The summed E-state index contributed by atoms with van der Waals surface area (Å²) in [4.78, 5) is 14.7. The molecule has 0 saturated carbocycles. The van der Waals surface area contributed by atoms with Crippen LogP contribution in [0.3, 0.4) is 0 Å². The zero-order chi connectivity index (χ0) is 16.1. The molecule has 0 atom stereocenters. The van der Waals surface area contributed by atoms with Crippen molar-refractivity contribution < 1.29 is 14.3 Å². The second-order valence-corrected chi connectivity index (χ2v) is 6.08. The highest BCUT2D eigenvalue weighted by Gasteiger charge is 2.20. The second kappa shape index (κ2) is 7.49. The first-order valence-corrected chi connectivity index (χ1v) is 7.83. The Balaban J connectivity index is 2.03. The van der Waals surface area contributed by atoms with Crippen molar-refractivity contribution in [2.45, 2.75) is 38.8 Å². The van der Waals surface area contributed by atoms with Gasteiger partial charge in [-0.2, -0.15) is 0 Å². The normalized spacial score (nSPS) is 16.6. The lowest BCUT2D eigenvalue weighted by molar-refractivity contribution is 0.0916. The molecule has 2 rings (SSSR count). The molecule has 1 aliphatic heterocycles. The Bertz CT molecular complexity index is 509. The molecule has 1 N–H and O–H groups in total. The fourth-order valence-corrected chi connectivity index (χ4v) is 2.58. The number of ether oxygens (including phenoxy) is 2. The van der Waals surface area contributed by atoms with Gasteiger partial charge in [-0.25, -0.2) is 0 Å². The van der Waals surface area contributed by atoms with Gasteiger partial charge in [-0.15, -0.1) is 0 Å². The highest BCUT2D eigenvalue weighted by molar-refractivity contribution is 5.95. The van der Waals surface area contributed by atoms with E-state index in [1.54, 1.807) is 25.3 Å². The van der Waals surface area contributed by atoms with Crippen LogP contribution in [0.2, 0.25) is 0 Å². The smallest absolute Gasteiger partial charge is 0.251 e. The molecule has 1 aromatic rings. The number of carbonyl (C=O) groups is 1. The van der Waals surface area contributed by atoms with Crippen molar-refractivity contribution in [1.29, 1.82) is 0 Å². The van der Waals surface area contributed by atoms with Crippen molar-refractivity contribution in [3.63, 3.8) is 0 Å². The quantitative estimate of drug-likeness (QED) is 0.907. The van der Waals surface area contributed by atoms with Crippen LogP contribution in [0.25, 0.3) is 0 Å². The Hall–Kier alpha value is -1.75. The van der Waals surface area contributed by atoms with Crippen LogP contribution in [-0.4, -0.2) is 50.2 Å². The molecule has 1 aromatic carbocycles. The number of hydrogen-bond donors (Lipinski definition) is 1. The first-order chi connectivity index (χ1) is 10.5. The SMILES string of the molecule is COc1cc(C(=O)NC2CCN(C)CC2)ccc1OC(C)C. The molecule has 1 fully saturated rings. The Labute approximate surface area is 132 Å². The standard InChI is InChI=1S/C17H26N2O3/c1-12(2)22-15-6-5-13(11-16(15)21-4)17(20)18-14-7-9-19(3)10-8-14/h5-6,11-12,14H,7-10H2,1-4H3,(H,18,20). The average molecular weight is 306 g/mol. The molecule has 1 amide bonds. The number of methoxy groups -OCH3 is 1. The summed E-state index contributed by atoms with van der Waals surface area (Å²) < 4.78 is 11.0. The maximum Gasteiger partial charge on any atom is 0.251 e. The van der Waals surface area contributed by atoms with Gasteiger partial charge in [0.2, 0.25) is 0 Å². The summed E-state index contributed by atoms with van der Waals surface area (Å²) in [5, 5.41) is 3.11. The summed E-state index contributed by atoms with van der Waals surface area (Å²) in [6.45, 7) is 5.96. The molecule has 0 aliphatic carbocycles. The van der Waals surface area contributed by atoms with E-state index >= 15 is 0 Å². The molecule has 0 bridgehead atoms. The van der Waals surface area contributed by atoms with Gasteiger partial charge in [0.05, 0.1) is 13.2 Å². The van der Waals surface area contributed by atoms with Gasteiger partial charge >= 0.3 is 0 Å². The van der Waals surface area contributed by atoms with Crippen LogP contribution in [0, 0.1) is 0 Å². The van der Waals surface area contributed by atoms with Gasteiger partial charge in [-0.1, -0.05) is 0 Å². The molecule has 5 heteroatoms. The first-order valence-electron chi connectivity index (χ1n) is 7.83. The van der Waals surface area contributed by atoms with E-state index < -0.39 is 0 Å². The van der Waals surface area contributed by atoms with Crippen molar-refractivity contribution in [3.05, 3.63) is 23.8 Å². The third-order valence-electron chi connectivity index (χ3n) is 3.84. The highest BCUT2D eigenvalue weighted by atomic mass is 16.5. The number of nitrogens with zero attached hydrogens (tertiary/aromatic N) is 1. The predicted octanol–water partition coefficient (Wildman–Crippen LogP) is 2.31. The van der Waals surface area contributed by atoms with E-state index in [9.17, 15) is 4.79 Å². The molecule has 0 spiro atoms. The Morgan fingerprint density at radius 3 is 2.55 bits per heavy atom. The molecule has 1 heterocycles. The number of carbonyl (C=O) groups excluding carboxylic acids is 1. The van der Waals surface area contributed by atoms with E-state index in [1.807, 2.05) is 13.8 Å². The number of rotatable bonds is 5. The lowest BCUT2D eigenvalue weighted by Crippen LogP contribution is -2.43. The Morgan fingerprint density at radius 1 is 1.27 bits per heavy atom. The fourth-order valence-electron chi connectivity index (χ4n) is 2.58. The molecular weight excluding hydrogens is 280 g/mol. The van der Waals surface area contributed by atoms with Crippen molar-refractivity contribution in [2.75, 3.05) is 27.2 Å². The Morgan fingerprint density at radius 2 is 1.95 bits per heavy atom. The van der Waals surface area contributed by atoms with Gasteiger partial charge in [0.25, 0.3) is 5.91 Å². The van der Waals surface area contributed by atoms with Crippen LogP contribution in [-0.2, 0) is 0 Å². The van der Waals surface area contributed by atoms with Gasteiger partial charge in [0.15, 0.2) is 11.5 Å². The van der Waals surface area contributed by atoms with Crippen LogP contribution < -0.4 is 14.8 Å².